The van der Waals surface area contributed by atoms with E-state index in [9.17, 15) is 0 Å². The number of piperidine rings is 1. The van der Waals surface area contributed by atoms with Crippen molar-refractivity contribution in [3.63, 3.8) is 0 Å². The first-order valence-corrected chi connectivity index (χ1v) is 6.54. The minimum absolute atomic E-state index is 0.0895. The topological polar surface area (TPSA) is 71.1 Å². The van der Waals surface area contributed by atoms with Gasteiger partial charge >= 0.3 is 0 Å². The molecule has 0 unspecified atom stereocenters. The highest BCUT2D eigenvalue weighted by Crippen LogP contribution is 2.24. The first-order chi connectivity index (χ1) is 9.10. The first-order valence-electron chi connectivity index (χ1n) is 6.54. The van der Waals surface area contributed by atoms with Gasteiger partial charge in [0.15, 0.2) is 5.84 Å². The van der Waals surface area contributed by atoms with E-state index in [-0.39, 0.29) is 11.9 Å². The normalized spacial score (nSPS) is 18.5. The predicted molar refractivity (Wildman–Crippen MR) is 74.8 cm³/mol. The molecule has 104 valence electrons. The maximum absolute atomic E-state index is 8.84. The monoisotopic (exact) mass is 263 g/mol. The Balaban J connectivity index is 2.15. The Morgan fingerprint density at radius 3 is 2.74 bits per heavy atom. The summed E-state index contributed by atoms with van der Waals surface area (Å²) in [6.07, 6.45) is 2.20. The maximum Gasteiger partial charge on any atom is 0.173 e. The average molecular weight is 263 g/mol. The number of aryl methyl sites for hydroxylation is 1. The molecule has 3 N–H and O–H groups in total. The van der Waals surface area contributed by atoms with E-state index in [2.05, 4.69) is 17.1 Å². The number of hydrogen-bond donors (Lipinski definition) is 2. The third kappa shape index (κ3) is 3.38. The van der Waals surface area contributed by atoms with Gasteiger partial charge in [0.2, 0.25) is 0 Å². The zero-order valence-corrected chi connectivity index (χ0v) is 11.5. The molecule has 1 aliphatic heterocycles. The van der Waals surface area contributed by atoms with Gasteiger partial charge in [0.05, 0.1) is 5.56 Å². The molecule has 19 heavy (non-hydrogen) atoms. The van der Waals surface area contributed by atoms with Crippen LogP contribution in [0.2, 0.25) is 0 Å². The molecule has 1 saturated heterocycles. The Kier molecular flexibility index (Phi) is 4.27. The van der Waals surface area contributed by atoms with Gasteiger partial charge < -0.3 is 20.6 Å². The van der Waals surface area contributed by atoms with Crippen LogP contribution >= 0.6 is 0 Å². The van der Waals surface area contributed by atoms with Crippen molar-refractivity contribution in [2.24, 2.45) is 10.9 Å². The Morgan fingerprint density at radius 2 is 2.11 bits per heavy atom. The lowest BCUT2D eigenvalue weighted by Gasteiger charge is -2.29. The van der Waals surface area contributed by atoms with Crippen molar-refractivity contribution in [3.05, 3.63) is 29.3 Å². The van der Waals surface area contributed by atoms with Crippen molar-refractivity contribution < 1.29 is 9.94 Å². The highest BCUT2D eigenvalue weighted by molar-refractivity contribution is 5.99. The van der Waals surface area contributed by atoms with Crippen LogP contribution in [-0.2, 0) is 0 Å². The molecule has 2 rings (SSSR count). The van der Waals surface area contributed by atoms with Crippen LogP contribution in [0.4, 0.5) is 0 Å². The lowest BCUT2D eigenvalue weighted by molar-refractivity contribution is 0.114. The maximum atomic E-state index is 8.84. The summed E-state index contributed by atoms with van der Waals surface area (Å²) >= 11 is 0. The molecule has 0 radical (unpaired) electrons. The molecule has 5 heteroatoms. The quantitative estimate of drug-likeness (QED) is 0.376. The Bertz CT molecular complexity index is 466. The highest BCUT2D eigenvalue weighted by atomic mass is 16.5. The molecule has 1 aliphatic rings. The van der Waals surface area contributed by atoms with Crippen LogP contribution < -0.4 is 10.5 Å². The van der Waals surface area contributed by atoms with Crippen molar-refractivity contribution in [2.45, 2.75) is 25.9 Å². The number of oxime groups is 1. The summed E-state index contributed by atoms with van der Waals surface area (Å²) in [7, 11) is 2.12. The fraction of sp³-hybridized carbons (Fsp3) is 0.500. The number of ether oxygens (including phenoxy) is 1. The average Bonchev–Trinajstić information content (AvgIpc) is 2.42. The Hall–Kier alpha value is -1.75. The summed E-state index contributed by atoms with van der Waals surface area (Å²) in [5.74, 6) is 0.780. The summed E-state index contributed by atoms with van der Waals surface area (Å²) in [6, 6.07) is 5.73. The number of benzene rings is 1. The van der Waals surface area contributed by atoms with Gasteiger partial charge in [-0.3, -0.25) is 0 Å². The van der Waals surface area contributed by atoms with Crippen molar-refractivity contribution in [1.29, 1.82) is 0 Å². The Labute approximate surface area is 113 Å². The van der Waals surface area contributed by atoms with Crippen molar-refractivity contribution in [2.75, 3.05) is 20.1 Å². The number of likely N-dealkylation sites (tertiary alicyclic amines) is 1. The van der Waals surface area contributed by atoms with Crippen LogP contribution in [0.15, 0.2) is 23.4 Å². The molecule has 0 saturated carbocycles. The van der Waals surface area contributed by atoms with Gasteiger partial charge in [0, 0.05) is 13.1 Å². The van der Waals surface area contributed by atoms with Gasteiger partial charge in [-0.15, -0.1) is 0 Å². The van der Waals surface area contributed by atoms with Gasteiger partial charge in [-0.25, -0.2) is 0 Å². The minimum atomic E-state index is 0.0895. The second kappa shape index (κ2) is 5.93. The van der Waals surface area contributed by atoms with Crippen molar-refractivity contribution in [1.82, 2.24) is 4.90 Å². The summed E-state index contributed by atoms with van der Waals surface area (Å²) in [6.45, 7) is 4.04. The summed E-state index contributed by atoms with van der Waals surface area (Å²) in [5, 5.41) is 11.9. The predicted octanol–water partition coefficient (Wildman–Crippen LogP) is 1.56. The molecule has 1 aromatic rings. The molecule has 0 atom stereocenters. The number of rotatable bonds is 3. The summed E-state index contributed by atoms with van der Waals surface area (Å²) in [5.41, 5.74) is 7.41. The lowest BCUT2D eigenvalue weighted by atomic mass is 10.1. The van der Waals surface area contributed by atoms with E-state index in [0.29, 0.717) is 11.3 Å². The zero-order valence-electron chi connectivity index (χ0n) is 11.5. The molecule has 5 nitrogen and oxygen atoms in total. The van der Waals surface area contributed by atoms with Crippen molar-refractivity contribution >= 4 is 5.84 Å². The second-order valence-electron chi connectivity index (χ2n) is 5.11. The summed E-state index contributed by atoms with van der Waals surface area (Å²) in [4.78, 5) is 2.29. The lowest BCUT2D eigenvalue weighted by Crippen LogP contribution is -2.36. The number of hydrogen-bond acceptors (Lipinski definition) is 4. The van der Waals surface area contributed by atoms with Gasteiger partial charge in [-0.1, -0.05) is 16.8 Å². The minimum Gasteiger partial charge on any atom is -0.490 e. The third-order valence-electron chi connectivity index (χ3n) is 3.48. The number of nitrogens with two attached hydrogens (primary N) is 1. The van der Waals surface area contributed by atoms with Crippen LogP contribution in [-0.4, -0.2) is 42.2 Å². The second-order valence-corrected chi connectivity index (χ2v) is 5.11. The standard InChI is InChI=1S/C14H21N3O2/c1-10-3-4-13(12(9-10)14(15)16-18)19-11-5-7-17(2)8-6-11/h3-4,9,11,18H,5-8H2,1-2H3,(H2,15,16). The van der Waals surface area contributed by atoms with Gasteiger partial charge in [-0.2, -0.15) is 0 Å². The molecule has 0 aromatic heterocycles. The van der Waals surface area contributed by atoms with E-state index in [1.165, 1.54) is 0 Å². The van der Waals surface area contributed by atoms with Crippen LogP contribution in [0.5, 0.6) is 5.75 Å². The van der Waals surface area contributed by atoms with Gasteiger partial charge in [-0.05, 0) is 38.9 Å². The van der Waals surface area contributed by atoms with Crippen LogP contribution in [0, 0.1) is 6.92 Å². The molecule has 0 amide bonds. The highest BCUT2D eigenvalue weighted by Gasteiger charge is 2.20. The Morgan fingerprint density at radius 1 is 1.42 bits per heavy atom. The van der Waals surface area contributed by atoms with E-state index < -0.39 is 0 Å². The molecule has 1 heterocycles. The first kappa shape index (κ1) is 13.7. The number of amidine groups is 1. The fourth-order valence-electron chi connectivity index (χ4n) is 2.28. The van der Waals surface area contributed by atoms with E-state index >= 15 is 0 Å². The van der Waals surface area contributed by atoms with Crippen LogP contribution in [0.1, 0.15) is 24.0 Å². The van der Waals surface area contributed by atoms with Gasteiger partial charge in [0.1, 0.15) is 11.9 Å². The molecular weight excluding hydrogens is 242 g/mol. The molecule has 0 aliphatic carbocycles. The van der Waals surface area contributed by atoms with Crippen LogP contribution in [0.25, 0.3) is 0 Å². The number of nitrogens with zero attached hydrogens (tertiary/aromatic N) is 2. The van der Waals surface area contributed by atoms with Crippen molar-refractivity contribution in [3.8, 4) is 5.75 Å². The van der Waals surface area contributed by atoms with E-state index in [1.807, 2.05) is 25.1 Å². The molecular formula is C14H21N3O2. The zero-order chi connectivity index (χ0) is 13.8. The van der Waals surface area contributed by atoms with Crippen LogP contribution in [0.3, 0.4) is 0 Å². The van der Waals surface area contributed by atoms with E-state index in [0.717, 1.165) is 31.5 Å². The SMILES string of the molecule is Cc1ccc(OC2CCN(C)CC2)c(/C(N)=N/O)c1. The molecule has 1 aromatic carbocycles. The summed E-state index contributed by atoms with van der Waals surface area (Å²) < 4.78 is 6.01. The molecule has 0 bridgehead atoms. The van der Waals surface area contributed by atoms with E-state index in [1.54, 1.807) is 0 Å². The largest absolute Gasteiger partial charge is 0.490 e. The van der Waals surface area contributed by atoms with Gasteiger partial charge in [0.25, 0.3) is 0 Å². The third-order valence-corrected chi connectivity index (χ3v) is 3.48. The molecule has 1 fully saturated rings. The molecule has 0 spiro atoms. The fourth-order valence-corrected chi connectivity index (χ4v) is 2.28. The smallest absolute Gasteiger partial charge is 0.173 e. The van der Waals surface area contributed by atoms with E-state index in [4.69, 9.17) is 15.7 Å².